The average molecular weight is 227 g/mol. The van der Waals surface area contributed by atoms with Crippen LogP contribution in [0.15, 0.2) is 29.2 Å². The first-order chi connectivity index (χ1) is 7.19. The third-order valence-corrected chi connectivity index (χ3v) is 3.07. The lowest BCUT2D eigenvalue weighted by atomic mass is 10.0. The SMILES string of the molecule is CSc1ccc(C(O)C(N)CCO)cc1. The Bertz CT molecular complexity index is 289. The van der Waals surface area contributed by atoms with Crippen LogP contribution >= 0.6 is 11.8 Å². The van der Waals surface area contributed by atoms with Gasteiger partial charge in [-0.25, -0.2) is 0 Å². The third kappa shape index (κ3) is 3.50. The summed E-state index contributed by atoms with van der Waals surface area (Å²) < 4.78 is 0. The van der Waals surface area contributed by atoms with E-state index in [1.165, 1.54) is 0 Å². The molecule has 0 fully saturated rings. The van der Waals surface area contributed by atoms with Gasteiger partial charge in [0.2, 0.25) is 0 Å². The minimum absolute atomic E-state index is 0.00111. The van der Waals surface area contributed by atoms with Gasteiger partial charge >= 0.3 is 0 Å². The van der Waals surface area contributed by atoms with Crippen molar-refractivity contribution in [2.75, 3.05) is 12.9 Å². The maximum Gasteiger partial charge on any atom is 0.0941 e. The van der Waals surface area contributed by atoms with Crippen molar-refractivity contribution in [1.29, 1.82) is 0 Å². The van der Waals surface area contributed by atoms with Gasteiger partial charge in [0.15, 0.2) is 0 Å². The number of nitrogens with two attached hydrogens (primary N) is 1. The van der Waals surface area contributed by atoms with E-state index in [9.17, 15) is 5.11 Å². The molecule has 0 aliphatic rings. The largest absolute Gasteiger partial charge is 0.396 e. The highest BCUT2D eigenvalue weighted by Crippen LogP contribution is 2.21. The molecule has 1 aromatic rings. The topological polar surface area (TPSA) is 66.5 Å². The summed E-state index contributed by atoms with van der Waals surface area (Å²) in [6, 6.07) is 7.24. The van der Waals surface area contributed by atoms with E-state index in [0.717, 1.165) is 10.5 Å². The van der Waals surface area contributed by atoms with Gasteiger partial charge in [0.25, 0.3) is 0 Å². The van der Waals surface area contributed by atoms with Gasteiger partial charge in [0.05, 0.1) is 6.10 Å². The van der Waals surface area contributed by atoms with Crippen LogP contribution in [0.5, 0.6) is 0 Å². The lowest BCUT2D eigenvalue weighted by molar-refractivity contribution is 0.129. The van der Waals surface area contributed by atoms with E-state index in [2.05, 4.69) is 0 Å². The fraction of sp³-hybridized carbons (Fsp3) is 0.455. The van der Waals surface area contributed by atoms with E-state index < -0.39 is 12.1 Å². The minimum Gasteiger partial charge on any atom is -0.396 e. The molecule has 84 valence electrons. The number of hydrogen-bond donors (Lipinski definition) is 3. The maximum absolute atomic E-state index is 9.84. The van der Waals surface area contributed by atoms with Crippen LogP contribution < -0.4 is 5.73 Å². The molecule has 0 bridgehead atoms. The van der Waals surface area contributed by atoms with Gasteiger partial charge in [-0.1, -0.05) is 12.1 Å². The van der Waals surface area contributed by atoms with E-state index >= 15 is 0 Å². The molecule has 0 spiro atoms. The van der Waals surface area contributed by atoms with Gasteiger partial charge < -0.3 is 15.9 Å². The number of rotatable bonds is 5. The first-order valence-electron chi connectivity index (χ1n) is 4.87. The van der Waals surface area contributed by atoms with Crippen molar-refractivity contribution in [3.8, 4) is 0 Å². The number of aliphatic hydroxyl groups excluding tert-OH is 2. The number of aliphatic hydroxyl groups is 2. The molecule has 0 aromatic heterocycles. The second-order valence-electron chi connectivity index (χ2n) is 3.39. The van der Waals surface area contributed by atoms with Crippen LogP contribution in [0.3, 0.4) is 0 Å². The third-order valence-electron chi connectivity index (χ3n) is 2.33. The Labute approximate surface area is 94.3 Å². The predicted molar refractivity (Wildman–Crippen MR) is 62.9 cm³/mol. The highest BCUT2D eigenvalue weighted by atomic mass is 32.2. The summed E-state index contributed by atoms with van der Waals surface area (Å²) >= 11 is 1.65. The Balaban J connectivity index is 2.69. The number of hydrogen-bond acceptors (Lipinski definition) is 4. The second kappa shape index (κ2) is 6.12. The molecular formula is C11H17NO2S. The first kappa shape index (κ1) is 12.5. The van der Waals surface area contributed by atoms with Gasteiger partial charge in [0, 0.05) is 17.5 Å². The van der Waals surface area contributed by atoms with E-state index in [1.54, 1.807) is 11.8 Å². The second-order valence-corrected chi connectivity index (χ2v) is 4.27. The predicted octanol–water partition coefficient (Wildman–Crippen LogP) is 1.15. The highest BCUT2D eigenvalue weighted by Gasteiger charge is 2.15. The minimum atomic E-state index is -0.701. The monoisotopic (exact) mass is 227 g/mol. The normalized spacial score (nSPS) is 14.9. The fourth-order valence-corrected chi connectivity index (χ4v) is 1.76. The summed E-state index contributed by atoms with van der Waals surface area (Å²) in [7, 11) is 0. The molecule has 4 heteroatoms. The molecule has 15 heavy (non-hydrogen) atoms. The summed E-state index contributed by atoms with van der Waals surface area (Å²) in [5.74, 6) is 0. The lowest BCUT2D eigenvalue weighted by Gasteiger charge is -2.18. The summed E-state index contributed by atoms with van der Waals surface area (Å²) in [6.07, 6.45) is 1.71. The van der Waals surface area contributed by atoms with Crippen molar-refractivity contribution in [1.82, 2.24) is 0 Å². The zero-order valence-corrected chi connectivity index (χ0v) is 9.57. The van der Waals surface area contributed by atoms with Crippen molar-refractivity contribution in [2.24, 2.45) is 5.73 Å². The molecule has 2 unspecified atom stereocenters. The van der Waals surface area contributed by atoms with E-state index in [0.29, 0.717) is 6.42 Å². The summed E-state index contributed by atoms with van der Waals surface area (Å²) in [5.41, 5.74) is 6.51. The number of benzene rings is 1. The standard InChI is InChI=1S/C11H17NO2S/c1-15-9-4-2-8(3-5-9)11(14)10(12)6-7-13/h2-5,10-11,13-14H,6-7,12H2,1H3. The summed E-state index contributed by atoms with van der Waals surface area (Å²) in [5, 5.41) is 18.6. The molecule has 2 atom stereocenters. The van der Waals surface area contributed by atoms with Crippen LogP contribution in [0.1, 0.15) is 18.1 Å². The molecule has 0 aliphatic carbocycles. The smallest absolute Gasteiger partial charge is 0.0941 e. The van der Waals surface area contributed by atoms with Crippen LogP contribution in [-0.4, -0.2) is 29.1 Å². The molecular weight excluding hydrogens is 210 g/mol. The van der Waals surface area contributed by atoms with E-state index in [1.807, 2.05) is 30.5 Å². The molecule has 0 saturated heterocycles. The fourth-order valence-electron chi connectivity index (χ4n) is 1.36. The van der Waals surface area contributed by atoms with Gasteiger partial charge in [-0.15, -0.1) is 11.8 Å². The van der Waals surface area contributed by atoms with E-state index in [-0.39, 0.29) is 6.61 Å². The van der Waals surface area contributed by atoms with Crippen LogP contribution in [0.4, 0.5) is 0 Å². The molecule has 1 rings (SSSR count). The molecule has 0 amide bonds. The Hall–Kier alpha value is -0.550. The summed E-state index contributed by atoms with van der Waals surface area (Å²) in [4.78, 5) is 1.15. The van der Waals surface area contributed by atoms with Crippen molar-refractivity contribution < 1.29 is 10.2 Å². The van der Waals surface area contributed by atoms with Gasteiger partial charge in [-0.2, -0.15) is 0 Å². The van der Waals surface area contributed by atoms with Gasteiger partial charge in [0.1, 0.15) is 0 Å². The molecule has 0 radical (unpaired) electrons. The van der Waals surface area contributed by atoms with Crippen LogP contribution in [-0.2, 0) is 0 Å². The van der Waals surface area contributed by atoms with E-state index in [4.69, 9.17) is 10.8 Å². The molecule has 1 aromatic carbocycles. The lowest BCUT2D eigenvalue weighted by Crippen LogP contribution is -2.29. The van der Waals surface area contributed by atoms with Crippen molar-refractivity contribution in [2.45, 2.75) is 23.5 Å². The Morgan fingerprint density at radius 2 is 1.93 bits per heavy atom. The quantitative estimate of drug-likeness (QED) is 0.660. The summed E-state index contributed by atoms with van der Waals surface area (Å²) in [6.45, 7) is 0.00111. The average Bonchev–Trinajstić information content (AvgIpc) is 2.28. The maximum atomic E-state index is 9.84. The van der Waals surface area contributed by atoms with Gasteiger partial charge in [-0.05, 0) is 30.4 Å². The molecule has 0 saturated carbocycles. The van der Waals surface area contributed by atoms with Gasteiger partial charge in [-0.3, -0.25) is 0 Å². The first-order valence-corrected chi connectivity index (χ1v) is 6.10. The highest BCUT2D eigenvalue weighted by molar-refractivity contribution is 7.98. The Morgan fingerprint density at radius 1 is 1.33 bits per heavy atom. The molecule has 3 nitrogen and oxygen atoms in total. The van der Waals surface area contributed by atoms with Crippen LogP contribution in [0, 0.1) is 0 Å². The molecule has 4 N–H and O–H groups in total. The molecule has 0 aliphatic heterocycles. The zero-order chi connectivity index (χ0) is 11.3. The van der Waals surface area contributed by atoms with Crippen molar-refractivity contribution in [3.05, 3.63) is 29.8 Å². The number of thioether (sulfide) groups is 1. The van der Waals surface area contributed by atoms with Crippen molar-refractivity contribution >= 4 is 11.8 Å². The van der Waals surface area contributed by atoms with Crippen LogP contribution in [0.25, 0.3) is 0 Å². The zero-order valence-electron chi connectivity index (χ0n) is 8.76. The Kier molecular flexibility index (Phi) is 5.11. The van der Waals surface area contributed by atoms with Crippen molar-refractivity contribution in [3.63, 3.8) is 0 Å². The van der Waals surface area contributed by atoms with Crippen LogP contribution in [0.2, 0.25) is 0 Å². The molecule has 0 heterocycles. The Morgan fingerprint density at radius 3 is 2.40 bits per heavy atom.